The second kappa shape index (κ2) is 5.26. The van der Waals surface area contributed by atoms with Crippen LogP contribution in [0, 0.1) is 11.6 Å². The van der Waals surface area contributed by atoms with Crippen LogP contribution < -0.4 is 10.5 Å². The van der Waals surface area contributed by atoms with Gasteiger partial charge in [-0.15, -0.1) is 0 Å². The molecule has 0 saturated carbocycles. The maximum atomic E-state index is 13.6. The van der Waals surface area contributed by atoms with E-state index in [2.05, 4.69) is 0 Å². The standard InChI is InChI=1S/C12H9ClF2N2O2S/c13-7-1-3-9(4-2-7)20(18,19)17-12-10(15)5-8(14)6-11(12)16/h1-6,17H,16H2. The zero-order valence-corrected chi connectivity index (χ0v) is 11.5. The van der Waals surface area contributed by atoms with Gasteiger partial charge in [0.2, 0.25) is 0 Å². The molecule has 0 saturated heterocycles. The van der Waals surface area contributed by atoms with E-state index in [9.17, 15) is 17.2 Å². The lowest BCUT2D eigenvalue weighted by Crippen LogP contribution is -2.15. The first-order valence-electron chi connectivity index (χ1n) is 5.32. The first-order valence-corrected chi connectivity index (χ1v) is 7.18. The fraction of sp³-hybridized carbons (Fsp3) is 0. The van der Waals surface area contributed by atoms with Crippen molar-refractivity contribution in [3.8, 4) is 0 Å². The maximum absolute atomic E-state index is 13.6. The molecule has 2 aromatic carbocycles. The Kier molecular flexibility index (Phi) is 3.82. The average molecular weight is 319 g/mol. The van der Waals surface area contributed by atoms with E-state index >= 15 is 0 Å². The molecule has 8 heteroatoms. The Labute approximate surface area is 119 Å². The number of hydrogen-bond acceptors (Lipinski definition) is 3. The molecule has 0 unspecified atom stereocenters. The minimum absolute atomic E-state index is 0.120. The van der Waals surface area contributed by atoms with Crippen molar-refractivity contribution < 1.29 is 17.2 Å². The Bertz CT molecular complexity index is 726. The first kappa shape index (κ1) is 14.5. The van der Waals surface area contributed by atoms with Crippen molar-refractivity contribution in [2.75, 3.05) is 10.5 Å². The third kappa shape index (κ3) is 3.00. The smallest absolute Gasteiger partial charge is 0.262 e. The first-order chi connectivity index (χ1) is 9.29. The summed E-state index contributed by atoms with van der Waals surface area (Å²) in [5, 5.41) is 0.358. The van der Waals surface area contributed by atoms with Gasteiger partial charge in [0.05, 0.1) is 10.6 Å². The molecule has 2 aromatic rings. The lowest BCUT2D eigenvalue weighted by molar-refractivity contribution is 0.583. The molecular formula is C12H9ClF2N2O2S. The number of rotatable bonds is 3. The van der Waals surface area contributed by atoms with Crippen LogP contribution >= 0.6 is 11.6 Å². The highest BCUT2D eigenvalue weighted by Gasteiger charge is 2.18. The van der Waals surface area contributed by atoms with Gasteiger partial charge in [0, 0.05) is 11.1 Å². The molecule has 0 aliphatic carbocycles. The molecule has 0 spiro atoms. The van der Waals surface area contributed by atoms with Gasteiger partial charge in [-0.05, 0) is 30.3 Å². The Morgan fingerprint density at radius 1 is 1.10 bits per heavy atom. The van der Waals surface area contributed by atoms with Gasteiger partial charge in [0.15, 0.2) is 5.82 Å². The van der Waals surface area contributed by atoms with Gasteiger partial charge in [-0.3, -0.25) is 4.72 Å². The molecule has 0 radical (unpaired) electrons. The number of benzene rings is 2. The van der Waals surface area contributed by atoms with E-state index in [1.54, 1.807) is 0 Å². The van der Waals surface area contributed by atoms with Crippen LogP contribution in [0.2, 0.25) is 5.02 Å². The SMILES string of the molecule is Nc1cc(F)cc(F)c1NS(=O)(=O)c1ccc(Cl)cc1. The Morgan fingerprint density at radius 2 is 1.70 bits per heavy atom. The molecule has 0 aliphatic heterocycles. The summed E-state index contributed by atoms with van der Waals surface area (Å²) < 4.78 is 52.5. The fourth-order valence-corrected chi connectivity index (χ4v) is 2.73. The molecule has 106 valence electrons. The van der Waals surface area contributed by atoms with Crippen molar-refractivity contribution >= 4 is 33.0 Å². The van der Waals surface area contributed by atoms with Crippen LogP contribution in [-0.2, 0) is 10.0 Å². The zero-order chi connectivity index (χ0) is 14.9. The summed E-state index contributed by atoms with van der Waals surface area (Å²) in [6.07, 6.45) is 0. The number of anilines is 2. The van der Waals surface area contributed by atoms with Gasteiger partial charge < -0.3 is 5.73 Å². The summed E-state index contributed by atoms with van der Waals surface area (Å²) >= 11 is 5.65. The maximum Gasteiger partial charge on any atom is 0.262 e. The van der Waals surface area contributed by atoms with Crippen molar-refractivity contribution in [1.82, 2.24) is 0 Å². The predicted octanol–water partition coefficient (Wildman–Crippen LogP) is 3.00. The van der Waals surface area contributed by atoms with E-state index in [1.165, 1.54) is 24.3 Å². The quantitative estimate of drug-likeness (QED) is 0.854. The summed E-state index contributed by atoms with van der Waals surface area (Å²) in [5.74, 6) is -1.99. The van der Waals surface area contributed by atoms with Crippen molar-refractivity contribution in [3.63, 3.8) is 0 Å². The van der Waals surface area contributed by atoms with E-state index in [1.807, 2.05) is 4.72 Å². The minimum atomic E-state index is -4.04. The van der Waals surface area contributed by atoms with Crippen molar-refractivity contribution in [2.24, 2.45) is 0 Å². The van der Waals surface area contributed by atoms with E-state index in [0.717, 1.165) is 6.07 Å². The molecule has 0 bridgehead atoms. The van der Waals surface area contributed by atoms with Crippen molar-refractivity contribution in [3.05, 3.63) is 53.1 Å². The molecular weight excluding hydrogens is 310 g/mol. The summed E-state index contributed by atoms with van der Waals surface area (Å²) in [6, 6.07) is 6.62. The van der Waals surface area contributed by atoms with Gasteiger partial charge in [-0.25, -0.2) is 17.2 Å². The normalized spacial score (nSPS) is 11.3. The van der Waals surface area contributed by atoms with E-state index in [0.29, 0.717) is 11.1 Å². The highest BCUT2D eigenvalue weighted by Crippen LogP contribution is 2.27. The van der Waals surface area contributed by atoms with Crippen LogP contribution in [0.1, 0.15) is 0 Å². The Morgan fingerprint density at radius 3 is 2.25 bits per heavy atom. The largest absolute Gasteiger partial charge is 0.397 e. The van der Waals surface area contributed by atoms with Crippen LogP contribution in [0.4, 0.5) is 20.2 Å². The Balaban J connectivity index is 2.41. The van der Waals surface area contributed by atoms with E-state index in [-0.39, 0.29) is 10.6 Å². The topological polar surface area (TPSA) is 72.2 Å². The van der Waals surface area contributed by atoms with Crippen LogP contribution in [0.15, 0.2) is 41.3 Å². The van der Waals surface area contributed by atoms with E-state index in [4.69, 9.17) is 17.3 Å². The predicted molar refractivity (Wildman–Crippen MR) is 73.0 cm³/mol. The van der Waals surface area contributed by atoms with Crippen LogP contribution in [0.5, 0.6) is 0 Å². The molecule has 3 N–H and O–H groups in total. The molecule has 0 amide bonds. The summed E-state index contributed by atoms with van der Waals surface area (Å²) in [4.78, 5) is -0.120. The summed E-state index contributed by atoms with van der Waals surface area (Å²) in [5.41, 5.74) is 4.56. The monoisotopic (exact) mass is 318 g/mol. The number of halogens is 3. The second-order valence-corrected chi connectivity index (χ2v) is 6.03. The van der Waals surface area contributed by atoms with Gasteiger partial charge in [-0.1, -0.05) is 11.6 Å². The highest BCUT2D eigenvalue weighted by molar-refractivity contribution is 7.92. The lowest BCUT2D eigenvalue weighted by atomic mass is 10.2. The van der Waals surface area contributed by atoms with Crippen molar-refractivity contribution in [2.45, 2.75) is 4.90 Å². The number of nitrogens with one attached hydrogen (secondary N) is 1. The highest BCUT2D eigenvalue weighted by atomic mass is 35.5. The molecule has 0 aromatic heterocycles. The minimum Gasteiger partial charge on any atom is -0.397 e. The van der Waals surface area contributed by atoms with Crippen LogP contribution in [0.25, 0.3) is 0 Å². The van der Waals surface area contributed by atoms with Gasteiger partial charge in [0.1, 0.15) is 11.5 Å². The Hall–Kier alpha value is -1.86. The second-order valence-electron chi connectivity index (χ2n) is 3.91. The van der Waals surface area contributed by atoms with Gasteiger partial charge in [-0.2, -0.15) is 0 Å². The number of nitrogen functional groups attached to an aromatic ring is 1. The van der Waals surface area contributed by atoms with Crippen LogP contribution in [-0.4, -0.2) is 8.42 Å². The summed E-state index contributed by atoms with van der Waals surface area (Å²) in [6.45, 7) is 0. The number of sulfonamides is 1. The third-order valence-electron chi connectivity index (χ3n) is 2.45. The van der Waals surface area contributed by atoms with Gasteiger partial charge in [0.25, 0.3) is 10.0 Å². The molecule has 4 nitrogen and oxygen atoms in total. The fourth-order valence-electron chi connectivity index (χ4n) is 1.51. The van der Waals surface area contributed by atoms with Crippen LogP contribution in [0.3, 0.4) is 0 Å². The molecule has 2 rings (SSSR count). The number of hydrogen-bond donors (Lipinski definition) is 2. The van der Waals surface area contributed by atoms with E-state index < -0.39 is 27.3 Å². The molecule has 0 heterocycles. The molecule has 0 aliphatic rings. The van der Waals surface area contributed by atoms with Gasteiger partial charge >= 0.3 is 0 Å². The molecule has 0 fully saturated rings. The third-order valence-corrected chi connectivity index (χ3v) is 4.06. The zero-order valence-electron chi connectivity index (χ0n) is 9.90. The summed E-state index contributed by atoms with van der Waals surface area (Å²) in [7, 11) is -4.04. The molecule has 20 heavy (non-hydrogen) atoms. The molecule has 0 atom stereocenters. The lowest BCUT2D eigenvalue weighted by Gasteiger charge is -2.11. The van der Waals surface area contributed by atoms with Crippen molar-refractivity contribution in [1.29, 1.82) is 0 Å². The average Bonchev–Trinajstić information content (AvgIpc) is 2.34. The number of nitrogens with two attached hydrogens (primary N) is 1.